The number of carbonyl (C=O) groups is 3. The zero-order valence-corrected chi connectivity index (χ0v) is 35.1. The first kappa shape index (κ1) is 41.7. The van der Waals surface area contributed by atoms with Crippen LogP contribution in [0.15, 0.2) is 60.1 Å². The van der Waals surface area contributed by atoms with Crippen molar-refractivity contribution >= 4 is 45.9 Å². The molecule has 15 nitrogen and oxygen atoms in total. The van der Waals surface area contributed by atoms with E-state index in [9.17, 15) is 24.6 Å². The smallest absolute Gasteiger partial charge is 0.246 e. The van der Waals surface area contributed by atoms with Gasteiger partial charge < -0.3 is 36.4 Å². The molecule has 2 aromatic carbocycles. The number of aryl methyl sites for hydroxylation is 1. The second kappa shape index (κ2) is 17.4. The number of benzene rings is 2. The van der Waals surface area contributed by atoms with Crippen molar-refractivity contribution in [1.29, 1.82) is 0 Å². The quantitative estimate of drug-likeness (QED) is 0.113. The van der Waals surface area contributed by atoms with Crippen LogP contribution in [0.1, 0.15) is 83.1 Å². The first-order valence-electron chi connectivity index (χ1n) is 20.3. The number of aromatic hydroxyl groups is 1. The summed E-state index contributed by atoms with van der Waals surface area (Å²) in [6, 6.07) is 14.8. The third-order valence-corrected chi connectivity index (χ3v) is 12.5. The van der Waals surface area contributed by atoms with Gasteiger partial charge in [0.2, 0.25) is 17.7 Å². The van der Waals surface area contributed by atoms with E-state index in [4.69, 9.17) is 5.73 Å². The van der Waals surface area contributed by atoms with Crippen LogP contribution in [-0.2, 0) is 14.4 Å². The molecule has 0 aliphatic carbocycles. The highest BCUT2D eigenvalue weighted by Gasteiger charge is 2.44. The molecule has 2 fully saturated rings. The zero-order valence-electron chi connectivity index (χ0n) is 34.3. The summed E-state index contributed by atoms with van der Waals surface area (Å²) in [7, 11) is 0. The Morgan fingerprint density at radius 1 is 1.03 bits per heavy atom. The van der Waals surface area contributed by atoms with Gasteiger partial charge in [0.05, 0.1) is 45.5 Å². The van der Waals surface area contributed by atoms with Crippen LogP contribution in [0.2, 0.25) is 0 Å². The van der Waals surface area contributed by atoms with Gasteiger partial charge in [-0.05, 0) is 74.4 Å². The third-order valence-electron chi connectivity index (χ3n) is 11.5. The Morgan fingerprint density at radius 3 is 2.44 bits per heavy atom. The first-order chi connectivity index (χ1) is 28.2. The lowest BCUT2D eigenvalue weighted by Crippen LogP contribution is -2.57. The van der Waals surface area contributed by atoms with Gasteiger partial charge in [-0.1, -0.05) is 57.2 Å². The van der Waals surface area contributed by atoms with Crippen molar-refractivity contribution in [2.24, 2.45) is 5.41 Å². The monoisotopic (exact) mass is 822 g/mol. The lowest BCUT2D eigenvalue weighted by molar-refractivity contribution is -0.144. The SMILES string of the molecule is Cc1ncsc1-c1ccc([C@H](C)NC(=O)[C@@H]2C[C@@H](O)CN2C(=O)[C@@H](NC(=O)CCCN2CCC(n3nc(N)c4nnc(-c5ccccc5O)cc43)CC2)C(C)(C)C)cc1. The van der Waals surface area contributed by atoms with Crippen molar-refractivity contribution in [3.05, 3.63) is 71.4 Å². The Kier molecular flexibility index (Phi) is 12.3. The van der Waals surface area contributed by atoms with Gasteiger partial charge in [-0.2, -0.15) is 5.10 Å². The largest absolute Gasteiger partial charge is 0.507 e. The molecule has 4 atom stereocenters. The number of thiazole rings is 1. The molecule has 3 amide bonds. The van der Waals surface area contributed by atoms with E-state index in [0.717, 1.165) is 53.1 Å². The highest BCUT2D eigenvalue weighted by atomic mass is 32.1. The van der Waals surface area contributed by atoms with E-state index in [1.54, 1.807) is 29.5 Å². The summed E-state index contributed by atoms with van der Waals surface area (Å²) in [6.07, 6.45) is 1.76. The van der Waals surface area contributed by atoms with Crippen molar-refractivity contribution in [2.75, 3.05) is 31.9 Å². The summed E-state index contributed by atoms with van der Waals surface area (Å²) >= 11 is 1.58. The van der Waals surface area contributed by atoms with Crippen LogP contribution in [0.5, 0.6) is 5.75 Å². The first-order valence-corrected chi connectivity index (χ1v) is 21.2. The molecule has 2 aliphatic rings. The molecule has 0 bridgehead atoms. The van der Waals surface area contributed by atoms with E-state index < -0.39 is 23.6 Å². The van der Waals surface area contributed by atoms with Crippen LogP contribution in [0.25, 0.3) is 32.7 Å². The fourth-order valence-corrected chi connectivity index (χ4v) is 8.97. The number of fused-ring (bicyclic) bond motifs is 1. The van der Waals surface area contributed by atoms with Crippen LogP contribution >= 0.6 is 11.3 Å². The van der Waals surface area contributed by atoms with E-state index in [2.05, 4.69) is 35.8 Å². The number of amides is 3. The van der Waals surface area contributed by atoms with Gasteiger partial charge >= 0.3 is 0 Å². The highest BCUT2D eigenvalue weighted by Crippen LogP contribution is 2.33. The molecule has 0 unspecified atom stereocenters. The Morgan fingerprint density at radius 2 is 1.76 bits per heavy atom. The molecule has 5 heterocycles. The van der Waals surface area contributed by atoms with Gasteiger partial charge in [0, 0.05) is 38.0 Å². The summed E-state index contributed by atoms with van der Waals surface area (Å²) in [6.45, 7) is 11.9. The van der Waals surface area contributed by atoms with Gasteiger partial charge in [0.15, 0.2) is 11.3 Å². The van der Waals surface area contributed by atoms with Crippen LogP contribution in [-0.4, -0.2) is 107 Å². The Bertz CT molecular complexity index is 2300. The van der Waals surface area contributed by atoms with Crippen LogP contribution in [0.4, 0.5) is 5.82 Å². The van der Waals surface area contributed by atoms with Gasteiger partial charge in [-0.25, -0.2) is 4.98 Å². The Balaban J connectivity index is 0.912. The molecule has 59 heavy (non-hydrogen) atoms. The third kappa shape index (κ3) is 9.24. The highest BCUT2D eigenvalue weighted by molar-refractivity contribution is 7.13. The molecule has 2 saturated heterocycles. The minimum Gasteiger partial charge on any atom is -0.507 e. The number of β-amino-alcohol motifs (C(OH)–C–C–N with tert-alkyl or cyclic N) is 1. The number of nitrogens with zero attached hydrogens (tertiary/aromatic N) is 7. The number of carbonyl (C=O) groups excluding carboxylic acids is 3. The number of aliphatic hydroxyl groups excluding tert-OH is 1. The minimum atomic E-state index is -0.890. The van der Waals surface area contributed by atoms with Crippen LogP contribution < -0.4 is 16.4 Å². The molecule has 312 valence electrons. The number of aliphatic hydroxyl groups is 1. The molecule has 0 spiro atoms. The maximum atomic E-state index is 14.2. The summed E-state index contributed by atoms with van der Waals surface area (Å²) in [5.41, 5.74) is 12.8. The van der Waals surface area contributed by atoms with Crippen molar-refractivity contribution in [3.8, 4) is 27.4 Å². The number of nitrogens with one attached hydrogen (secondary N) is 2. The number of aromatic nitrogens is 5. The maximum absolute atomic E-state index is 14.2. The van der Waals surface area contributed by atoms with Gasteiger partial charge in [0.1, 0.15) is 17.8 Å². The number of hydrogen-bond donors (Lipinski definition) is 5. The summed E-state index contributed by atoms with van der Waals surface area (Å²) in [4.78, 5) is 50.4. The molecule has 6 N–H and O–H groups in total. The molecule has 3 aromatic heterocycles. The molecule has 7 rings (SSSR count). The zero-order chi connectivity index (χ0) is 42.0. The average molecular weight is 823 g/mol. The summed E-state index contributed by atoms with van der Waals surface area (Å²) < 4.78 is 1.93. The molecule has 16 heteroatoms. The van der Waals surface area contributed by atoms with Crippen molar-refractivity contribution in [1.82, 2.24) is 45.4 Å². The molecular formula is C43H54N10O5S. The number of likely N-dealkylation sites (tertiary alicyclic amines) is 2. The number of piperidine rings is 1. The maximum Gasteiger partial charge on any atom is 0.246 e. The second-order valence-electron chi connectivity index (χ2n) is 16.9. The molecule has 0 radical (unpaired) electrons. The Labute approximate surface area is 348 Å². The summed E-state index contributed by atoms with van der Waals surface area (Å²) in [5.74, 6) is -0.533. The standard InChI is InChI=1S/C43H54N10O5S/c1-25(27-12-14-28(15-13-27)38-26(2)45-24-59-38)46-41(57)34-21-30(54)23-52(34)42(58)39(43(3,4)5)47-36(56)11-8-18-51-19-16-29(17-20-51)53-33-22-32(31-9-6-7-10-35(31)55)48-49-37(33)40(44)50-53/h6-7,9-10,12-15,22,24-25,29-30,34,39,54-55H,8,11,16-21,23H2,1-5H3,(H2,44,50)(H,46,57)(H,47,56)/t25-,30+,34-,39+/m0/s1. The van der Waals surface area contributed by atoms with Crippen LogP contribution in [0, 0.1) is 12.3 Å². The summed E-state index contributed by atoms with van der Waals surface area (Å²) in [5, 5.41) is 40.3. The van der Waals surface area contributed by atoms with Gasteiger partial charge in [-0.3, -0.25) is 19.1 Å². The van der Waals surface area contributed by atoms with E-state index in [1.165, 1.54) is 4.90 Å². The Hall–Kier alpha value is -5.45. The number of phenolic OH excluding ortho intramolecular Hbond substituents is 1. The minimum absolute atomic E-state index is 0.0126. The molecule has 5 aromatic rings. The molecule has 0 saturated carbocycles. The van der Waals surface area contributed by atoms with Crippen molar-refractivity contribution in [3.63, 3.8) is 0 Å². The number of para-hydroxylation sites is 1. The molecule has 2 aliphatic heterocycles. The number of anilines is 1. The number of nitrogen functional groups attached to an aromatic ring is 1. The van der Waals surface area contributed by atoms with Crippen molar-refractivity contribution in [2.45, 2.75) is 97.0 Å². The lowest BCUT2D eigenvalue weighted by Gasteiger charge is -2.35. The van der Waals surface area contributed by atoms with Gasteiger partial charge in [0.25, 0.3) is 0 Å². The predicted octanol–water partition coefficient (Wildman–Crippen LogP) is 5.00. The predicted molar refractivity (Wildman–Crippen MR) is 227 cm³/mol. The fraction of sp³-hybridized carbons (Fsp3) is 0.465. The normalized spacial score (nSPS) is 18.8. The lowest BCUT2D eigenvalue weighted by atomic mass is 9.85. The van der Waals surface area contributed by atoms with Crippen molar-refractivity contribution < 1.29 is 24.6 Å². The number of rotatable bonds is 12. The van der Waals surface area contributed by atoms with Crippen LogP contribution in [0.3, 0.4) is 0 Å². The van der Waals surface area contributed by atoms with Gasteiger partial charge in [-0.15, -0.1) is 21.5 Å². The molecular weight excluding hydrogens is 769 g/mol. The second-order valence-corrected chi connectivity index (χ2v) is 17.7. The van der Waals surface area contributed by atoms with E-state index >= 15 is 0 Å². The van der Waals surface area contributed by atoms with E-state index in [0.29, 0.717) is 35.6 Å². The van der Waals surface area contributed by atoms with E-state index in [1.807, 2.05) is 81.2 Å². The topological polar surface area (TPSA) is 205 Å². The number of hydrogen-bond acceptors (Lipinski definition) is 12. The van der Waals surface area contributed by atoms with E-state index in [-0.39, 0.29) is 54.9 Å². The fourth-order valence-electron chi connectivity index (χ4n) is 8.16. The average Bonchev–Trinajstić information content (AvgIpc) is 3.92. The number of phenols is 1. The number of nitrogens with two attached hydrogens (primary N) is 1.